The molecule has 0 radical (unpaired) electrons. The molecule has 0 heterocycles. The van der Waals surface area contributed by atoms with Gasteiger partial charge in [-0.1, -0.05) is 0 Å². The van der Waals surface area contributed by atoms with Crippen LogP contribution >= 0.6 is 0 Å². The molecule has 33 heavy (non-hydrogen) atoms. The normalized spacial score (nSPS) is 15.3. The van der Waals surface area contributed by atoms with Gasteiger partial charge in [-0.05, 0) is 0 Å². The fraction of sp³-hybridized carbons (Fsp3) is 1.00. The predicted octanol–water partition coefficient (Wildman–Crippen LogP) is 7.59. The van der Waals surface area contributed by atoms with Crippen LogP contribution in [-0.4, -0.2) is 64.5 Å². The van der Waals surface area contributed by atoms with Crippen LogP contribution in [0.2, 0.25) is 0 Å². The second-order valence-electron chi connectivity index (χ2n) is 7.16. The molecule has 17 heteroatoms. The summed E-state index contributed by atoms with van der Waals surface area (Å²) in [6.45, 7) is -0.112. The van der Waals surface area contributed by atoms with Gasteiger partial charge in [-0.25, -0.2) is 0 Å². The van der Waals surface area contributed by atoms with Crippen molar-refractivity contribution in [2.45, 2.75) is 84.4 Å². The first kappa shape index (κ1) is 32.7. The van der Waals surface area contributed by atoms with E-state index in [4.69, 9.17) is 0 Å². The third-order valence-corrected chi connectivity index (χ3v) is 14.5. The topological polar surface area (TPSA) is 18.5 Å². The molecular weight excluding hydrogens is 609 g/mol. The van der Waals surface area contributed by atoms with E-state index >= 15 is 0 Å². The molecule has 0 atom stereocenters. The number of unbranched alkanes of at least 4 members (excludes halogenated alkanes) is 2. The van der Waals surface area contributed by atoms with Crippen LogP contribution < -0.4 is 0 Å². The zero-order valence-electron chi connectivity index (χ0n) is 17.3. The van der Waals surface area contributed by atoms with Gasteiger partial charge >= 0.3 is 184 Å². The van der Waals surface area contributed by atoms with Crippen molar-refractivity contribution in [1.29, 1.82) is 0 Å². The van der Waals surface area contributed by atoms with Crippen LogP contribution in [0.1, 0.15) is 52.4 Å². The average Bonchev–Trinajstić information content (AvgIpc) is 2.55. The van der Waals surface area contributed by atoms with E-state index in [0.29, 0.717) is 0 Å². The van der Waals surface area contributed by atoms with E-state index in [1.807, 2.05) is 0 Å². The summed E-state index contributed by atoms with van der Waals surface area (Å²) in [7, 11) is 0. The molecule has 0 saturated heterocycles. The number of alkyl halides is 14. The van der Waals surface area contributed by atoms with E-state index in [-0.39, 0.29) is 12.8 Å². The maximum atomic E-state index is 14.9. The zero-order chi connectivity index (χ0) is 26.6. The summed E-state index contributed by atoms with van der Waals surface area (Å²) in [5.41, 5.74) is 0. The molecule has 2 nitrogen and oxygen atoms in total. The molecule has 0 aliphatic carbocycles. The summed E-state index contributed by atoms with van der Waals surface area (Å²) in [4.78, 5) is 0. The number of halogens is 14. The van der Waals surface area contributed by atoms with Crippen LogP contribution in [0.15, 0.2) is 0 Å². The van der Waals surface area contributed by atoms with Crippen molar-refractivity contribution < 1.29 is 67.6 Å². The molecule has 200 valence electrons. The molecule has 0 spiro atoms. The summed E-state index contributed by atoms with van der Waals surface area (Å²) < 4.78 is 186. The van der Waals surface area contributed by atoms with E-state index in [0.717, 1.165) is 0 Å². The molecule has 0 aliphatic rings. The van der Waals surface area contributed by atoms with Gasteiger partial charge in [0, 0.05) is 0 Å². The van der Waals surface area contributed by atoms with E-state index < -0.39 is 90.2 Å². The van der Waals surface area contributed by atoms with Crippen LogP contribution in [0.4, 0.5) is 61.5 Å². The average molecular weight is 631 g/mol. The van der Waals surface area contributed by atoms with Crippen molar-refractivity contribution in [2.24, 2.45) is 0 Å². The maximum absolute atomic E-state index is 14.9. The third-order valence-electron chi connectivity index (χ3n) is 4.20. The fourth-order valence-electron chi connectivity index (χ4n) is 2.53. The monoisotopic (exact) mass is 632 g/mol. The Morgan fingerprint density at radius 2 is 0.788 bits per heavy atom. The Balaban J connectivity index is 7.00. The minimum absolute atomic E-state index is 0.0636. The molecule has 0 aromatic rings. The van der Waals surface area contributed by atoms with Gasteiger partial charge in [0.05, 0.1) is 0 Å². The van der Waals surface area contributed by atoms with Crippen molar-refractivity contribution in [2.75, 3.05) is 13.2 Å². The molecule has 0 bridgehead atoms. The Hall–Kier alpha value is -0.261. The quantitative estimate of drug-likeness (QED) is 0.112. The van der Waals surface area contributed by atoms with Gasteiger partial charge in [0.25, 0.3) is 0 Å². The number of hydrogen-bond acceptors (Lipinski definition) is 2. The predicted molar refractivity (Wildman–Crippen MR) is 88.6 cm³/mol. The molecule has 0 aromatic heterocycles. The summed E-state index contributed by atoms with van der Waals surface area (Å²) in [6.07, 6.45) is -20.7. The zero-order valence-corrected chi connectivity index (χ0v) is 20.1. The summed E-state index contributed by atoms with van der Waals surface area (Å²) in [6, 6.07) is 0. The molecule has 0 amide bonds. The fourth-order valence-corrected chi connectivity index (χ4v) is 11.7. The second kappa shape index (κ2) is 11.2. The van der Waals surface area contributed by atoms with Crippen molar-refractivity contribution in [3.05, 3.63) is 0 Å². The van der Waals surface area contributed by atoms with Gasteiger partial charge in [-0.3, -0.25) is 0 Å². The van der Waals surface area contributed by atoms with Gasteiger partial charge in [-0.2, -0.15) is 0 Å². The van der Waals surface area contributed by atoms with Crippen molar-refractivity contribution in [3.63, 3.8) is 0 Å². The Labute approximate surface area is 184 Å². The van der Waals surface area contributed by atoms with Gasteiger partial charge in [0.15, 0.2) is 0 Å². The first-order chi connectivity index (χ1) is 14.5. The van der Waals surface area contributed by atoms with Crippen molar-refractivity contribution in [1.82, 2.24) is 0 Å². The third kappa shape index (κ3) is 7.87. The summed E-state index contributed by atoms with van der Waals surface area (Å²) in [5, 5.41) is 0. The summed E-state index contributed by atoms with van der Waals surface area (Å²) >= 11 is -9.03. The van der Waals surface area contributed by atoms with Gasteiger partial charge in [0.1, 0.15) is 0 Å². The van der Waals surface area contributed by atoms with Crippen molar-refractivity contribution in [3.8, 4) is 0 Å². The van der Waals surface area contributed by atoms with E-state index in [9.17, 15) is 61.5 Å². The molecule has 0 unspecified atom stereocenters. The molecule has 0 rings (SSSR count). The molecule has 0 aromatic carbocycles. The van der Waals surface area contributed by atoms with Crippen LogP contribution in [-0.2, 0) is 6.15 Å². The Bertz CT molecular complexity index is 551. The van der Waals surface area contributed by atoms with Crippen LogP contribution in [0.3, 0.4) is 0 Å². The number of hydrogen-bond donors (Lipinski definition) is 0. The Kier molecular flexibility index (Phi) is 11.1. The molecule has 0 fully saturated rings. The van der Waals surface area contributed by atoms with Crippen LogP contribution in [0, 0.1) is 0 Å². The van der Waals surface area contributed by atoms with E-state index in [2.05, 4.69) is 6.15 Å². The molecule has 0 N–H and O–H groups in total. The Morgan fingerprint density at radius 1 is 0.515 bits per heavy atom. The minimum atomic E-state index is -9.03. The van der Waals surface area contributed by atoms with Gasteiger partial charge < -0.3 is 0 Å². The SMILES string of the molecule is CCCC[O][Sn]([O]CCCC)([C](F)(F)C(F)(F)CC(F)(F)F)[C](F)(F)C(F)(F)CC(F)(F)F. The Morgan fingerprint density at radius 3 is 1.00 bits per heavy atom. The van der Waals surface area contributed by atoms with Crippen molar-refractivity contribution >= 4 is 19.2 Å². The van der Waals surface area contributed by atoms with Gasteiger partial charge in [0.2, 0.25) is 0 Å². The van der Waals surface area contributed by atoms with Crippen LogP contribution in [0.5, 0.6) is 0 Å². The van der Waals surface area contributed by atoms with Crippen LogP contribution in [0.25, 0.3) is 0 Å². The standard InChI is InChI=1S/2C4H2F7.2C4H9O.Sn/c2*5-2(6)3(7,8)1-4(9,10)11;2*1-2-3-4-5;/h2*1H2;2*2-4H2,1H3;/q;;2*-1;+2. The van der Waals surface area contributed by atoms with E-state index in [1.165, 1.54) is 13.8 Å². The first-order valence-electron chi connectivity index (χ1n) is 9.46. The van der Waals surface area contributed by atoms with E-state index in [1.54, 1.807) is 0 Å². The summed E-state index contributed by atoms with van der Waals surface area (Å²) in [5.74, 6) is -12.9. The first-order valence-corrected chi connectivity index (χ1v) is 14.6. The molecule has 0 aliphatic heterocycles. The second-order valence-corrected chi connectivity index (χ2v) is 15.9. The number of rotatable bonds is 14. The molecular formula is C16H22F14O2Sn. The molecule has 0 saturated carbocycles. The van der Waals surface area contributed by atoms with Gasteiger partial charge in [-0.15, -0.1) is 0 Å².